The lowest BCUT2D eigenvalue weighted by Gasteiger charge is -2.29. The first kappa shape index (κ1) is 12.4. The van der Waals surface area contributed by atoms with Crippen molar-refractivity contribution in [2.75, 3.05) is 13.1 Å². The summed E-state index contributed by atoms with van der Waals surface area (Å²) in [6.07, 6.45) is 2.02. The normalized spacial score (nSPS) is 21.2. The van der Waals surface area contributed by atoms with E-state index in [0.29, 0.717) is 6.54 Å². The fourth-order valence-corrected chi connectivity index (χ4v) is 3.65. The number of hydrogen-bond acceptors (Lipinski definition) is 2. The third-order valence-electron chi connectivity index (χ3n) is 2.72. The number of halogens is 2. The van der Waals surface area contributed by atoms with Gasteiger partial charge in [0, 0.05) is 13.1 Å². The van der Waals surface area contributed by atoms with E-state index >= 15 is 0 Å². The summed E-state index contributed by atoms with van der Waals surface area (Å²) in [4.78, 5) is 14.8. The molecule has 5 heteroatoms. The minimum Gasteiger partial charge on any atom is -0.336 e. The third-order valence-corrected chi connectivity index (χ3v) is 5.20. The van der Waals surface area contributed by atoms with Crippen LogP contribution >= 0.6 is 38.9 Å². The number of rotatable bonds is 1. The van der Waals surface area contributed by atoms with E-state index in [1.807, 2.05) is 17.9 Å². The first-order valence-corrected chi connectivity index (χ1v) is 7.32. The van der Waals surface area contributed by atoms with E-state index < -0.39 is 0 Å². The van der Waals surface area contributed by atoms with Gasteiger partial charge in [0.25, 0.3) is 5.91 Å². The zero-order valence-corrected chi connectivity index (χ0v) is 12.2. The van der Waals surface area contributed by atoms with Crippen molar-refractivity contribution >= 4 is 44.8 Å². The number of amides is 1. The summed E-state index contributed by atoms with van der Waals surface area (Å²) in [5.74, 6) is 0.115. The van der Waals surface area contributed by atoms with E-state index in [4.69, 9.17) is 11.6 Å². The Morgan fingerprint density at radius 1 is 1.69 bits per heavy atom. The van der Waals surface area contributed by atoms with Crippen molar-refractivity contribution in [3.63, 3.8) is 0 Å². The Labute approximate surface area is 113 Å². The highest BCUT2D eigenvalue weighted by Gasteiger charge is 2.24. The number of piperidine rings is 1. The molecule has 0 radical (unpaired) electrons. The van der Waals surface area contributed by atoms with Crippen molar-refractivity contribution in [2.45, 2.75) is 25.1 Å². The molecule has 2 nitrogen and oxygen atoms in total. The van der Waals surface area contributed by atoms with Gasteiger partial charge in [-0.25, -0.2) is 0 Å². The average molecular weight is 323 g/mol. The van der Waals surface area contributed by atoms with Gasteiger partial charge in [-0.3, -0.25) is 4.79 Å². The standard InChI is InChI=1S/C11H13BrClNOS/c1-7-5-9(16-10(7)12)11(15)14-4-2-3-8(13)6-14/h5,8H,2-4,6H2,1H3. The minimum absolute atomic E-state index is 0.113. The smallest absolute Gasteiger partial charge is 0.264 e. The molecule has 0 N–H and O–H groups in total. The first-order chi connectivity index (χ1) is 7.58. The van der Waals surface area contributed by atoms with Crippen LogP contribution in [0.15, 0.2) is 9.85 Å². The second-order valence-electron chi connectivity index (χ2n) is 4.06. The summed E-state index contributed by atoms with van der Waals surface area (Å²) in [6.45, 7) is 3.50. The highest BCUT2D eigenvalue weighted by Crippen LogP contribution is 2.29. The Balaban J connectivity index is 2.12. The predicted octanol–water partition coefficient (Wildman–Crippen LogP) is 3.66. The molecule has 1 aliphatic rings. The van der Waals surface area contributed by atoms with Gasteiger partial charge in [-0.05, 0) is 47.3 Å². The number of nitrogens with zero attached hydrogens (tertiary/aromatic N) is 1. The van der Waals surface area contributed by atoms with E-state index in [2.05, 4.69) is 15.9 Å². The Bertz CT molecular complexity index is 387. The van der Waals surface area contributed by atoms with Crippen LogP contribution in [0.2, 0.25) is 0 Å². The molecule has 0 saturated carbocycles. The monoisotopic (exact) mass is 321 g/mol. The Kier molecular flexibility index (Phi) is 3.93. The van der Waals surface area contributed by atoms with Crippen LogP contribution in [0.3, 0.4) is 0 Å². The van der Waals surface area contributed by atoms with E-state index in [-0.39, 0.29) is 11.3 Å². The predicted molar refractivity (Wildman–Crippen MR) is 71.5 cm³/mol. The molecule has 1 saturated heterocycles. The molecule has 1 aliphatic heterocycles. The first-order valence-electron chi connectivity index (χ1n) is 5.27. The summed E-state index contributed by atoms with van der Waals surface area (Å²) >= 11 is 11.0. The van der Waals surface area contributed by atoms with Gasteiger partial charge in [-0.2, -0.15) is 0 Å². The molecule has 1 aromatic rings. The van der Waals surface area contributed by atoms with Gasteiger partial charge in [0.2, 0.25) is 0 Å². The van der Waals surface area contributed by atoms with Gasteiger partial charge in [-0.1, -0.05) is 0 Å². The molecule has 1 fully saturated rings. The lowest BCUT2D eigenvalue weighted by atomic mass is 10.1. The zero-order valence-electron chi connectivity index (χ0n) is 9.00. The Morgan fingerprint density at radius 3 is 3.00 bits per heavy atom. The molecular weight excluding hydrogens is 310 g/mol. The van der Waals surface area contributed by atoms with Gasteiger partial charge >= 0.3 is 0 Å². The van der Waals surface area contributed by atoms with Crippen LogP contribution in [0.25, 0.3) is 0 Å². The van der Waals surface area contributed by atoms with Crippen LogP contribution in [0.5, 0.6) is 0 Å². The maximum Gasteiger partial charge on any atom is 0.264 e. The van der Waals surface area contributed by atoms with Crippen LogP contribution in [-0.4, -0.2) is 29.3 Å². The highest BCUT2D eigenvalue weighted by molar-refractivity contribution is 9.11. The minimum atomic E-state index is 0.113. The summed E-state index contributed by atoms with van der Waals surface area (Å²) in [5, 5.41) is 0.113. The molecule has 1 unspecified atom stereocenters. The molecule has 0 spiro atoms. The van der Waals surface area contributed by atoms with Crippen LogP contribution < -0.4 is 0 Å². The van der Waals surface area contributed by atoms with Crippen molar-refractivity contribution in [1.82, 2.24) is 4.90 Å². The Morgan fingerprint density at radius 2 is 2.44 bits per heavy atom. The molecule has 0 aliphatic carbocycles. The van der Waals surface area contributed by atoms with Gasteiger partial charge < -0.3 is 4.90 Å². The second-order valence-corrected chi connectivity index (χ2v) is 7.05. The molecular formula is C11H13BrClNOS. The van der Waals surface area contributed by atoms with E-state index in [1.54, 1.807) is 0 Å². The average Bonchev–Trinajstić information content (AvgIpc) is 2.58. The highest BCUT2D eigenvalue weighted by atomic mass is 79.9. The maximum atomic E-state index is 12.2. The molecule has 2 heterocycles. The topological polar surface area (TPSA) is 20.3 Å². The third kappa shape index (κ3) is 2.60. The van der Waals surface area contributed by atoms with Gasteiger partial charge in [0.1, 0.15) is 0 Å². The summed E-state index contributed by atoms with van der Waals surface area (Å²) in [6, 6.07) is 1.94. The van der Waals surface area contributed by atoms with Gasteiger partial charge in [0.05, 0.1) is 14.0 Å². The number of likely N-dealkylation sites (tertiary alicyclic amines) is 1. The van der Waals surface area contributed by atoms with Crippen LogP contribution in [-0.2, 0) is 0 Å². The van der Waals surface area contributed by atoms with Crippen molar-refractivity contribution in [2.24, 2.45) is 0 Å². The van der Waals surface area contributed by atoms with Crippen molar-refractivity contribution in [3.8, 4) is 0 Å². The van der Waals surface area contributed by atoms with Crippen LogP contribution in [0.4, 0.5) is 0 Å². The summed E-state index contributed by atoms with van der Waals surface area (Å²) in [5.41, 5.74) is 1.12. The SMILES string of the molecule is Cc1cc(C(=O)N2CCCC(Cl)C2)sc1Br. The molecule has 1 amide bonds. The van der Waals surface area contributed by atoms with E-state index in [1.165, 1.54) is 11.3 Å². The number of thiophene rings is 1. The lowest BCUT2D eigenvalue weighted by molar-refractivity contribution is 0.0732. The van der Waals surface area contributed by atoms with E-state index in [9.17, 15) is 4.79 Å². The number of carbonyl (C=O) groups is 1. The quantitative estimate of drug-likeness (QED) is 0.723. The summed E-state index contributed by atoms with van der Waals surface area (Å²) in [7, 11) is 0. The maximum absolute atomic E-state index is 12.2. The molecule has 2 rings (SSSR count). The fraction of sp³-hybridized carbons (Fsp3) is 0.545. The Hall–Kier alpha value is -0.0600. The molecule has 88 valence electrons. The van der Waals surface area contributed by atoms with Crippen molar-refractivity contribution in [3.05, 3.63) is 20.3 Å². The molecule has 0 aromatic carbocycles. The van der Waals surface area contributed by atoms with Crippen molar-refractivity contribution in [1.29, 1.82) is 0 Å². The number of hydrogen-bond donors (Lipinski definition) is 0. The van der Waals surface area contributed by atoms with Crippen LogP contribution in [0.1, 0.15) is 28.1 Å². The second kappa shape index (κ2) is 5.07. The van der Waals surface area contributed by atoms with Crippen LogP contribution in [0, 0.1) is 6.92 Å². The molecule has 1 atom stereocenters. The summed E-state index contributed by atoms with van der Waals surface area (Å²) < 4.78 is 1.04. The largest absolute Gasteiger partial charge is 0.336 e. The number of alkyl halides is 1. The zero-order chi connectivity index (χ0) is 11.7. The number of aryl methyl sites for hydroxylation is 1. The lowest BCUT2D eigenvalue weighted by Crippen LogP contribution is -2.40. The molecule has 16 heavy (non-hydrogen) atoms. The van der Waals surface area contributed by atoms with Gasteiger partial charge in [0.15, 0.2) is 0 Å². The van der Waals surface area contributed by atoms with Crippen molar-refractivity contribution < 1.29 is 4.79 Å². The van der Waals surface area contributed by atoms with Gasteiger partial charge in [-0.15, -0.1) is 22.9 Å². The number of carbonyl (C=O) groups excluding carboxylic acids is 1. The molecule has 1 aromatic heterocycles. The fourth-order valence-electron chi connectivity index (χ4n) is 1.83. The van der Waals surface area contributed by atoms with E-state index in [0.717, 1.165) is 33.6 Å². The molecule has 0 bridgehead atoms.